The molecular formula is C31H59NO8P+. The van der Waals surface area contributed by atoms with Gasteiger partial charge in [0.2, 0.25) is 0 Å². The van der Waals surface area contributed by atoms with Gasteiger partial charge in [0, 0.05) is 12.8 Å². The summed E-state index contributed by atoms with van der Waals surface area (Å²) in [5, 5.41) is 0. The van der Waals surface area contributed by atoms with Gasteiger partial charge in [0.25, 0.3) is 0 Å². The molecule has 0 heterocycles. The zero-order chi connectivity index (χ0) is 30.8. The van der Waals surface area contributed by atoms with Crippen LogP contribution in [0.5, 0.6) is 0 Å². The van der Waals surface area contributed by atoms with Crippen LogP contribution in [0, 0.1) is 0 Å². The SMILES string of the molecule is C/C=C\CCCCCCCC(=O)O[C@H](COC(=O)CCCCCCC/C=C\CC)COP(=O)(O)OCC[N+](C)(C)C. The molecule has 0 saturated carbocycles. The highest BCUT2D eigenvalue weighted by Gasteiger charge is 2.27. The molecular weight excluding hydrogens is 545 g/mol. The van der Waals surface area contributed by atoms with E-state index in [1.165, 1.54) is 0 Å². The molecule has 0 aromatic carbocycles. The van der Waals surface area contributed by atoms with Crippen LogP contribution in [-0.2, 0) is 32.7 Å². The first kappa shape index (κ1) is 39.5. The fourth-order valence-electron chi connectivity index (χ4n) is 3.84. The molecule has 41 heavy (non-hydrogen) atoms. The van der Waals surface area contributed by atoms with Gasteiger partial charge in [-0.15, -0.1) is 0 Å². The Hall–Kier alpha value is -1.51. The average molecular weight is 605 g/mol. The van der Waals surface area contributed by atoms with Crippen LogP contribution in [-0.4, -0.2) is 74.9 Å². The Bertz CT molecular complexity index is 779. The van der Waals surface area contributed by atoms with Gasteiger partial charge >= 0.3 is 19.8 Å². The predicted molar refractivity (Wildman–Crippen MR) is 164 cm³/mol. The number of carbonyl (C=O) groups excluding carboxylic acids is 2. The molecule has 2 atom stereocenters. The van der Waals surface area contributed by atoms with E-state index in [4.69, 9.17) is 18.5 Å². The summed E-state index contributed by atoms with van der Waals surface area (Å²) < 4.78 is 33.8. The maximum atomic E-state index is 12.4. The zero-order valence-electron chi connectivity index (χ0n) is 26.5. The topological polar surface area (TPSA) is 108 Å². The second-order valence-electron chi connectivity index (χ2n) is 11.5. The van der Waals surface area contributed by atoms with Crippen molar-refractivity contribution >= 4 is 19.8 Å². The molecule has 0 aliphatic rings. The van der Waals surface area contributed by atoms with Crippen molar-refractivity contribution in [1.82, 2.24) is 0 Å². The number of nitrogens with zero attached hydrogens (tertiary/aromatic N) is 1. The molecule has 0 aliphatic heterocycles. The maximum Gasteiger partial charge on any atom is 0.472 e. The summed E-state index contributed by atoms with van der Waals surface area (Å²) in [7, 11) is 1.46. The van der Waals surface area contributed by atoms with Crippen LogP contribution in [0.4, 0.5) is 0 Å². The van der Waals surface area contributed by atoms with Crippen LogP contribution in [0.2, 0.25) is 0 Å². The third-order valence-corrected chi connectivity index (χ3v) is 7.29. The van der Waals surface area contributed by atoms with Crippen molar-refractivity contribution in [2.24, 2.45) is 0 Å². The van der Waals surface area contributed by atoms with Crippen molar-refractivity contribution in [3.63, 3.8) is 0 Å². The van der Waals surface area contributed by atoms with Crippen LogP contribution in [0.25, 0.3) is 0 Å². The quantitative estimate of drug-likeness (QED) is 0.0343. The first-order valence-electron chi connectivity index (χ1n) is 15.5. The monoisotopic (exact) mass is 604 g/mol. The van der Waals surface area contributed by atoms with Crippen molar-refractivity contribution in [1.29, 1.82) is 0 Å². The summed E-state index contributed by atoms with van der Waals surface area (Å²) in [5.41, 5.74) is 0. The fourth-order valence-corrected chi connectivity index (χ4v) is 4.58. The van der Waals surface area contributed by atoms with E-state index < -0.39 is 26.5 Å². The van der Waals surface area contributed by atoms with Gasteiger partial charge in [-0.2, -0.15) is 0 Å². The van der Waals surface area contributed by atoms with Crippen LogP contribution in [0.15, 0.2) is 24.3 Å². The van der Waals surface area contributed by atoms with E-state index in [0.29, 0.717) is 17.4 Å². The molecule has 1 unspecified atom stereocenters. The number of allylic oxidation sites excluding steroid dienone is 4. The summed E-state index contributed by atoms with van der Waals surface area (Å²) in [6, 6.07) is 0. The Morgan fingerprint density at radius 1 is 0.780 bits per heavy atom. The fraction of sp³-hybridized carbons (Fsp3) is 0.806. The molecule has 0 aromatic rings. The molecule has 0 bridgehead atoms. The molecule has 0 radical (unpaired) electrons. The largest absolute Gasteiger partial charge is 0.472 e. The van der Waals surface area contributed by atoms with Gasteiger partial charge in [0.15, 0.2) is 6.10 Å². The molecule has 0 aromatic heterocycles. The minimum absolute atomic E-state index is 0.0287. The minimum atomic E-state index is -4.35. The highest BCUT2D eigenvalue weighted by atomic mass is 31.2. The van der Waals surface area contributed by atoms with E-state index in [1.807, 2.05) is 28.1 Å². The van der Waals surface area contributed by atoms with Crippen molar-refractivity contribution in [2.45, 2.75) is 116 Å². The Kier molecular flexibility index (Phi) is 24.1. The number of phosphoric ester groups is 1. The highest BCUT2D eigenvalue weighted by Crippen LogP contribution is 2.43. The lowest BCUT2D eigenvalue weighted by Crippen LogP contribution is -2.37. The van der Waals surface area contributed by atoms with Crippen LogP contribution < -0.4 is 0 Å². The summed E-state index contributed by atoms with van der Waals surface area (Å²) in [6.45, 7) is 4.03. The van der Waals surface area contributed by atoms with E-state index in [2.05, 4.69) is 31.2 Å². The summed E-state index contributed by atoms with van der Waals surface area (Å²) >= 11 is 0. The number of quaternary nitrogens is 1. The number of unbranched alkanes of at least 4 members (excludes halogenated alkanes) is 10. The van der Waals surface area contributed by atoms with Gasteiger partial charge in [-0.05, 0) is 51.9 Å². The molecule has 10 heteroatoms. The maximum absolute atomic E-state index is 12.4. The molecule has 1 N–H and O–H groups in total. The molecule has 0 rings (SSSR count). The van der Waals surface area contributed by atoms with Gasteiger partial charge in [0.1, 0.15) is 19.8 Å². The standard InChI is InChI=1S/C31H58NO8P/c1-6-8-10-12-14-16-18-19-21-23-30(33)37-27-29(28-39-41(35,36)38-26-25-32(3,4)5)40-31(34)24-22-20-17-15-13-11-9-7-2/h7-10,29H,6,11-28H2,1-5H3/p+1/b9-7-,10-8-/t29-/m1/s1. The molecule has 0 saturated heterocycles. The van der Waals surface area contributed by atoms with Crippen LogP contribution in [0.3, 0.4) is 0 Å². The smallest absolute Gasteiger partial charge is 0.462 e. The highest BCUT2D eigenvalue weighted by molar-refractivity contribution is 7.47. The number of hydrogen-bond acceptors (Lipinski definition) is 7. The summed E-state index contributed by atoms with van der Waals surface area (Å²) in [6.07, 6.45) is 21.3. The normalized spacial score (nSPS) is 14.4. The van der Waals surface area contributed by atoms with E-state index in [9.17, 15) is 19.0 Å². The van der Waals surface area contributed by atoms with E-state index >= 15 is 0 Å². The van der Waals surface area contributed by atoms with Gasteiger partial charge in [-0.3, -0.25) is 18.6 Å². The molecule has 0 fully saturated rings. The van der Waals surface area contributed by atoms with Crippen molar-refractivity contribution in [3.8, 4) is 0 Å². The predicted octanol–water partition coefficient (Wildman–Crippen LogP) is 7.28. The van der Waals surface area contributed by atoms with Crippen LogP contribution in [0.1, 0.15) is 110 Å². The van der Waals surface area contributed by atoms with Gasteiger partial charge < -0.3 is 18.9 Å². The lowest BCUT2D eigenvalue weighted by molar-refractivity contribution is -0.870. The Morgan fingerprint density at radius 3 is 1.93 bits per heavy atom. The number of carbonyl (C=O) groups is 2. The lowest BCUT2D eigenvalue weighted by Gasteiger charge is -2.24. The van der Waals surface area contributed by atoms with Gasteiger partial charge in [-0.25, -0.2) is 4.57 Å². The molecule has 0 aliphatic carbocycles. The van der Waals surface area contributed by atoms with Crippen LogP contribution >= 0.6 is 7.82 Å². The second kappa shape index (κ2) is 25.0. The van der Waals surface area contributed by atoms with Crippen molar-refractivity contribution < 1.29 is 42.1 Å². The van der Waals surface area contributed by atoms with E-state index in [1.54, 1.807) is 0 Å². The summed E-state index contributed by atoms with van der Waals surface area (Å²) in [5.74, 6) is -0.836. The van der Waals surface area contributed by atoms with Gasteiger partial charge in [0.05, 0.1) is 27.7 Å². The van der Waals surface area contributed by atoms with Crippen molar-refractivity contribution in [3.05, 3.63) is 24.3 Å². The Labute approximate surface area is 249 Å². The number of esters is 2. The lowest BCUT2D eigenvalue weighted by atomic mass is 10.1. The molecule has 0 amide bonds. The summed E-state index contributed by atoms with van der Waals surface area (Å²) in [4.78, 5) is 34.8. The minimum Gasteiger partial charge on any atom is -0.462 e. The Morgan fingerprint density at radius 2 is 1.34 bits per heavy atom. The molecule has 9 nitrogen and oxygen atoms in total. The number of rotatable bonds is 27. The third kappa shape index (κ3) is 28.4. The number of phosphoric acid groups is 1. The number of ether oxygens (including phenoxy) is 2. The first-order chi connectivity index (χ1) is 19.5. The Balaban J connectivity index is 4.56. The number of hydrogen-bond donors (Lipinski definition) is 1. The number of likely N-dealkylation sites (N-methyl/N-ethyl adjacent to an activating group) is 1. The van der Waals surface area contributed by atoms with E-state index in [-0.39, 0.29) is 32.0 Å². The second-order valence-corrected chi connectivity index (χ2v) is 12.9. The molecule has 0 spiro atoms. The third-order valence-electron chi connectivity index (χ3n) is 6.31. The van der Waals surface area contributed by atoms with E-state index in [0.717, 1.165) is 77.0 Å². The first-order valence-corrected chi connectivity index (χ1v) is 17.0. The van der Waals surface area contributed by atoms with Gasteiger partial charge in [-0.1, -0.05) is 69.8 Å². The van der Waals surface area contributed by atoms with Crippen molar-refractivity contribution in [2.75, 3.05) is 47.5 Å². The molecule has 240 valence electrons. The zero-order valence-corrected chi connectivity index (χ0v) is 27.4. The average Bonchev–Trinajstić information content (AvgIpc) is 2.90.